The molecular formula is C22H26N2O2. The van der Waals surface area contributed by atoms with Gasteiger partial charge in [-0.1, -0.05) is 56.3 Å². The number of anilines is 1. The van der Waals surface area contributed by atoms with Crippen molar-refractivity contribution < 1.29 is 9.59 Å². The average molecular weight is 350 g/mol. The molecule has 1 aliphatic heterocycles. The third-order valence-electron chi connectivity index (χ3n) is 4.95. The summed E-state index contributed by atoms with van der Waals surface area (Å²) in [5, 5.41) is 2.91. The van der Waals surface area contributed by atoms with Crippen molar-refractivity contribution in [3.8, 4) is 0 Å². The van der Waals surface area contributed by atoms with Gasteiger partial charge >= 0.3 is 0 Å². The van der Waals surface area contributed by atoms with E-state index in [1.165, 1.54) is 11.1 Å². The Bertz CT molecular complexity index is 753. The van der Waals surface area contributed by atoms with Crippen LogP contribution in [0.5, 0.6) is 0 Å². The van der Waals surface area contributed by atoms with E-state index < -0.39 is 5.92 Å². The fraction of sp³-hybridized carbons (Fsp3) is 0.364. The SMILES string of the molecule is CC(C)c1ccc(N2CC[C@@H](C(=O)NCCc3ccccc3)C2=O)cc1. The van der Waals surface area contributed by atoms with Gasteiger partial charge in [-0.2, -0.15) is 0 Å². The quantitative estimate of drug-likeness (QED) is 0.811. The van der Waals surface area contributed by atoms with Crippen LogP contribution < -0.4 is 10.2 Å². The van der Waals surface area contributed by atoms with Gasteiger partial charge in [-0.15, -0.1) is 0 Å². The van der Waals surface area contributed by atoms with E-state index in [-0.39, 0.29) is 11.8 Å². The number of carbonyl (C=O) groups is 2. The smallest absolute Gasteiger partial charge is 0.239 e. The standard InChI is InChI=1S/C22H26N2O2/c1-16(2)18-8-10-19(11-9-18)24-15-13-20(22(24)26)21(25)23-14-12-17-6-4-3-5-7-17/h3-11,16,20H,12-15H2,1-2H3,(H,23,25)/t20-/m0/s1. The normalized spacial score (nSPS) is 17.0. The van der Waals surface area contributed by atoms with Crippen LogP contribution >= 0.6 is 0 Å². The Hall–Kier alpha value is -2.62. The Labute approximate surface area is 155 Å². The number of hydrogen-bond donors (Lipinski definition) is 1. The molecule has 0 aromatic heterocycles. The molecule has 2 aromatic carbocycles. The summed E-state index contributed by atoms with van der Waals surface area (Å²) in [4.78, 5) is 26.8. The lowest BCUT2D eigenvalue weighted by molar-refractivity contribution is -0.132. The molecule has 1 N–H and O–H groups in total. The lowest BCUT2D eigenvalue weighted by Crippen LogP contribution is -2.37. The van der Waals surface area contributed by atoms with Crippen molar-refractivity contribution in [1.82, 2.24) is 5.32 Å². The van der Waals surface area contributed by atoms with E-state index in [4.69, 9.17) is 0 Å². The minimum absolute atomic E-state index is 0.0977. The van der Waals surface area contributed by atoms with Crippen molar-refractivity contribution in [3.05, 3.63) is 65.7 Å². The summed E-state index contributed by atoms with van der Waals surface area (Å²) in [7, 11) is 0. The zero-order valence-electron chi connectivity index (χ0n) is 15.4. The van der Waals surface area contributed by atoms with Crippen molar-refractivity contribution in [3.63, 3.8) is 0 Å². The van der Waals surface area contributed by atoms with Crippen LogP contribution in [-0.2, 0) is 16.0 Å². The van der Waals surface area contributed by atoms with E-state index in [0.29, 0.717) is 25.4 Å². The number of benzene rings is 2. The molecule has 0 unspecified atom stereocenters. The van der Waals surface area contributed by atoms with Crippen LogP contribution in [0.1, 0.15) is 37.3 Å². The van der Waals surface area contributed by atoms with Gasteiger partial charge in [0.15, 0.2) is 0 Å². The molecule has 0 aliphatic carbocycles. The number of amides is 2. The predicted octanol–water partition coefficient (Wildman–Crippen LogP) is 3.52. The van der Waals surface area contributed by atoms with Gasteiger partial charge in [-0.3, -0.25) is 9.59 Å². The molecule has 4 heteroatoms. The molecule has 0 bridgehead atoms. The fourth-order valence-corrected chi connectivity index (χ4v) is 3.32. The van der Waals surface area contributed by atoms with Crippen molar-refractivity contribution in [2.24, 2.45) is 5.92 Å². The van der Waals surface area contributed by atoms with Crippen LogP contribution in [0.4, 0.5) is 5.69 Å². The maximum Gasteiger partial charge on any atom is 0.239 e. The molecule has 1 atom stereocenters. The second-order valence-electron chi connectivity index (χ2n) is 7.10. The molecule has 1 fully saturated rings. The Morgan fingerprint density at radius 3 is 2.46 bits per heavy atom. The van der Waals surface area contributed by atoms with E-state index in [1.54, 1.807) is 4.90 Å². The molecule has 4 nitrogen and oxygen atoms in total. The summed E-state index contributed by atoms with van der Waals surface area (Å²) < 4.78 is 0. The summed E-state index contributed by atoms with van der Waals surface area (Å²) in [5.41, 5.74) is 3.30. The van der Waals surface area contributed by atoms with Crippen molar-refractivity contribution in [2.75, 3.05) is 18.0 Å². The molecule has 0 spiro atoms. The van der Waals surface area contributed by atoms with Crippen LogP contribution in [0.15, 0.2) is 54.6 Å². The number of nitrogens with one attached hydrogen (secondary N) is 1. The maximum absolute atomic E-state index is 12.7. The van der Waals surface area contributed by atoms with E-state index >= 15 is 0 Å². The highest BCUT2D eigenvalue weighted by molar-refractivity contribution is 6.09. The molecule has 0 saturated carbocycles. The summed E-state index contributed by atoms with van der Waals surface area (Å²) in [6, 6.07) is 18.1. The monoisotopic (exact) mass is 350 g/mol. The van der Waals surface area contributed by atoms with Gasteiger partial charge in [0, 0.05) is 18.8 Å². The van der Waals surface area contributed by atoms with Crippen molar-refractivity contribution >= 4 is 17.5 Å². The lowest BCUT2D eigenvalue weighted by Gasteiger charge is -2.18. The van der Waals surface area contributed by atoms with Crippen LogP contribution in [0, 0.1) is 5.92 Å². The van der Waals surface area contributed by atoms with Crippen molar-refractivity contribution in [1.29, 1.82) is 0 Å². The van der Waals surface area contributed by atoms with Crippen LogP contribution in [0.25, 0.3) is 0 Å². The third kappa shape index (κ3) is 4.13. The van der Waals surface area contributed by atoms with Gasteiger partial charge in [0.1, 0.15) is 5.92 Å². The number of nitrogens with zero attached hydrogens (tertiary/aromatic N) is 1. The minimum Gasteiger partial charge on any atom is -0.355 e. The number of hydrogen-bond acceptors (Lipinski definition) is 2. The topological polar surface area (TPSA) is 49.4 Å². The Morgan fingerprint density at radius 1 is 1.12 bits per heavy atom. The highest BCUT2D eigenvalue weighted by Crippen LogP contribution is 2.27. The second kappa shape index (κ2) is 8.17. The highest BCUT2D eigenvalue weighted by atomic mass is 16.2. The summed E-state index contributed by atoms with van der Waals surface area (Å²) in [6.45, 7) is 5.43. The fourth-order valence-electron chi connectivity index (χ4n) is 3.32. The van der Waals surface area contributed by atoms with E-state index in [2.05, 4.69) is 31.3 Å². The average Bonchev–Trinajstić information content (AvgIpc) is 3.04. The Morgan fingerprint density at radius 2 is 1.81 bits per heavy atom. The van der Waals surface area contributed by atoms with E-state index in [1.807, 2.05) is 42.5 Å². The first-order chi connectivity index (χ1) is 12.6. The zero-order chi connectivity index (χ0) is 18.5. The molecule has 3 rings (SSSR count). The molecule has 1 heterocycles. The number of rotatable bonds is 6. The molecule has 0 radical (unpaired) electrons. The van der Waals surface area contributed by atoms with E-state index in [9.17, 15) is 9.59 Å². The third-order valence-corrected chi connectivity index (χ3v) is 4.95. The molecule has 2 aromatic rings. The number of carbonyl (C=O) groups excluding carboxylic acids is 2. The van der Waals surface area contributed by atoms with Crippen LogP contribution in [0.2, 0.25) is 0 Å². The van der Waals surface area contributed by atoms with Gasteiger partial charge in [0.25, 0.3) is 0 Å². The Balaban J connectivity index is 1.55. The first-order valence-corrected chi connectivity index (χ1v) is 9.29. The summed E-state index contributed by atoms with van der Waals surface area (Å²) in [5.74, 6) is -0.372. The molecule has 26 heavy (non-hydrogen) atoms. The van der Waals surface area contributed by atoms with E-state index in [0.717, 1.165) is 12.1 Å². The zero-order valence-corrected chi connectivity index (χ0v) is 15.4. The van der Waals surface area contributed by atoms with Gasteiger partial charge in [0.2, 0.25) is 11.8 Å². The Kier molecular flexibility index (Phi) is 5.71. The summed E-state index contributed by atoms with van der Waals surface area (Å²) >= 11 is 0. The highest BCUT2D eigenvalue weighted by Gasteiger charge is 2.37. The van der Waals surface area contributed by atoms with Gasteiger partial charge in [-0.25, -0.2) is 0 Å². The molecule has 1 saturated heterocycles. The van der Waals surface area contributed by atoms with Crippen LogP contribution in [-0.4, -0.2) is 24.9 Å². The van der Waals surface area contributed by atoms with Gasteiger partial charge in [-0.05, 0) is 42.0 Å². The lowest BCUT2D eigenvalue weighted by atomic mass is 10.0. The first kappa shape index (κ1) is 18.2. The maximum atomic E-state index is 12.7. The molecule has 136 valence electrons. The molecule has 2 amide bonds. The van der Waals surface area contributed by atoms with Gasteiger partial charge < -0.3 is 10.2 Å². The first-order valence-electron chi connectivity index (χ1n) is 9.29. The largest absolute Gasteiger partial charge is 0.355 e. The second-order valence-corrected chi connectivity index (χ2v) is 7.10. The van der Waals surface area contributed by atoms with Crippen LogP contribution in [0.3, 0.4) is 0 Å². The predicted molar refractivity (Wildman–Crippen MR) is 104 cm³/mol. The van der Waals surface area contributed by atoms with Gasteiger partial charge in [0.05, 0.1) is 0 Å². The minimum atomic E-state index is -0.574. The molecule has 1 aliphatic rings. The summed E-state index contributed by atoms with van der Waals surface area (Å²) in [6.07, 6.45) is 1.34. The van der Waals surface area contributed by atoms with Crippen molar-refractivity contribution in [2.45, 2.75) is 32.6 Å². The molecular weight excluding hydrogens is 324 g/mol.